The number of rotatable bonds is 5. The molecule has 0 aliphatic carbocycles. The molecule has 0 radical (unpaired) electrons. The zero-order valence-corrected chi connectivity index (χ0v) is 13.7. The fourth-order valence-electron chi connectivity index (χ4n) is 1.69. The van der Waals surface area contributed by atoms with Gasteiger partial charge in [-0.1, -0.05) is 52.9 Å². The zero-order valence-electron chi connectivity index (χ0n) is 11.5. The van der Waals surface area contributed by atoms with Crippen LogP contribution in [0.2, 0.25) is 0 Å². The maximum Gasteiger partial charge on any atom is 0.266 e. The molecule has 6 nitrogen and oxygen atoms in total. The molecule has 0 saturated carbocycles. The Morgan fingerprint density at radius 2 is 1.45 bits per heavy atom. The van der Waals surface area contributed by atoms with Gasteiger partial charge in [0.1, 0.15) is 0 Å². The lowest BCUT2D eigenvalue weighted by molar-refractivity contribution is -0.144. The molecule has 110 valence electrons. The number of alkyl halides is 1. The highest BCUT2D eigenvalue weighted by Crippen LogP contribution is 2.35. The molecule has 0 bridgehead atoms. The van der Waals surface area contributed by atoms with E-state index in [0.29, 0.717) is 18.7 Å². The number of hydrazine groups is 2. The van der Waals surface area contributed by atoms with Crippen molar-refractivity contribution in [1.29, 1.82) is 0 Å². The maximum atomic E-state index is 12.5. The third kappa shape index (κ3) is 3.10. The smallest absolute Gasteiger partial charge is 0.266 e. The maximum absolute atomic E-state index is 12.5. The lowest BCUT2D eigenvalue weighted by Gasteiger charge is -2.32. The van der Waals surface area contributed by atoms with Gasteiger partial charge < -0.3 is 0 Å². The molecule has 0 saturated heterocycles. The fraction of sp³-hybridized carbons (Fsp3) is 0.385. The molecular formula is C13H19IN4O2. The molecule has 2 amide bonds. The van der Waals surface area contributed by atoms with Crippen molar-refractivity contribution < 1.29 is 9.59 Å². The van der Waals surface area contributed by atoms with Crippen LogP contribution in [0, 0.1) is 0 Å². The molecule has 0 aliphatic rings. The van der Waals surface area contributed by atoms with Crippen molar-refractivity contribution >= 4 is 34.4 Å². The summed E-state index contributed by atoms with van der Waals surface area (Å²) in [5.41, 5.74) is 0.559. The van der Waals surface area contributed by atoms with Crippen LogP contribution in [0.4, 0.5) is 0 Å². The highest BCUT2D eigenvalue weighted by Gasteiger charge is 2.48. The predicted molar refractivity (Wildman–Crippen MR) is 85.3 cm³/mol. The van der Waals surface area contributed by atoms with Crippen molar-refractivity contribution in [3.63, 3.8) is 0 Å². The van der Waals surface area contributed by atoms with E-state index in [0.717, 1.165) is 10.0 Å². The van der Waals surface area contributed by atoms with E-state index in [1.807, 2.05) is 28.7 Å². The average molecular weight is 390 g/mol. The molecule has 4 N–H and O–H groups in total. The summed E-state index contributed by atoms with van der Waals surface area (Å²) in [6.07, 6.45) is 0. The number of benzene rings is 1. The molecule has 0 aliphatic heterocycles. The first-order valence-electron chi connectivity index (χ1n) is 6.27. The van der Waals surface area contributed by atoms with E-state index in [-0.39, 0.29) is 0 Å². The van der Waals surface area contributed by atoms with Crippen LogP contribution in [0.15, 0.2) is 30.3 Å². The summed E-state index contributed by atoms with van der Waals surface area (Å²) in [6.45, 7) is 4.09. The first-order chi connectivity index (χ1) is 9.39. The van der Waals surface area contributed by atoms with Gasteiger partial charge in [-0.05, 0) is 19.4 Å². The summed E-state index contributed by atoms with van der Waals surface area (Å²) >= 11 is 1.83. The number of nitrogens with two attached hydrogens (primary N) is 2. The lowest BCUT2D eigenvalue weighted by atomic mass is 9.96. The normalized spacial score (nSPS) is 11.1. The van der Waals surface area contributed by atoms with Crippen LogP contribution >= 0.6 is 22.6 Å². The molecule has 0 heterocycles. The van der Waals surface area contributed by atoms with E-state index in [1.165, 1.54) is 0 Å². The SMILES string of the molecule is CCN(N)C(=O)C(I)(C(=O)N(N)CC)c1ccccc1. The van der Waals surface area contributed by atoms with Gasteiger partial charge in [-0.3, -0.25) is 19.6 Å². The van der Waals surface area contributed by atoms with Crippen molar-refractivity contribution in [1.82, 2.24) is 10.0 Å². The van der Waals surface area contributed by atoms with Crippen LogP contribution < -0.4 is 11.7 Å². The Morgan fingerprint density at radius 3 is 1.80 bits per heavy atom. The van der Waals surface area contributed by atoms with Gasteiger partial charge in [0.2, 0.25) is 3.42 Å². The summed E-state index contributed by atoms with van der Waals surface area (Å²) in [5.74, 6) is 10.4. The van der Waals surface area contributed by atoms with E-state index in [2.05, 4.69) is 0 Å². The van der Waals surface area contributed by atoms with E-state index in [1.54, 1.807) is 38.1 Å². The first-order valence-corrected chi connectivity index (χ1v) is 7.35. The van der Waals surface area contributed by atoms with Crippen molar-refractivity contribution in [2.45, 2.75) is 17.3 Å². The van der Waals surface area contributed by atoms with Crippen molar-refractivity contribution in [2.75, 3.05) is 13.1 Å². The molecule has 0 aromatic heterocycles. The van der Waals surface area contributed by atoms with Crippen LogP contribution in [0.5, 0.6) is 0 Å². The number of amides is 2. The quantitative estimate of drug-likeness (QED) is 0.194. The number of carbonyl (C=O) groups is 2. The summed E-state index contributed by atoms with van der Waals surface area (Å²) in [6, 6.07) is 8.78. The largest absolute Gasteiger partial charge is 0.279 e. The van der Waals surface area contributed by atoms with Crippen LogP contribution in [0.1, 0.15) is 19.4 Å². The van der Waals surface area contributed by atoms with E-state index < -0.39 is 15.2 Å². The summed E-state index contributed by atoms with van der Waals surface area (Å²) in [4.78, 5) is 25.1. The van der Waals surface area contributed by atoms with Gasteiger partial charge in [0.25, 0.3) is 11.8 Å². The molecule has 1 aromatic rings. The van der Waals surface area contributed by atoms with Crippen LogP contribution in [-0.2, 0) is 13.0 Å². The number of nitrogens with zero attached hydrogens (tertiary/aromatic N) is 2. The van der Waals surface area contributed by atoms with Gasteiger partial charge in [0.15, 0.2) is 0 Å². The third-order valence-corrected chi connectivity index (χ3v) is 4.51. The molecule has 1 aromatic carbocycles. The molecule has 0 atom stereocenters. The average Bonchev–Trinajstić information content (AvgIpc) is 2.51. The van der Waals surface area contributed by atoms with Gasteiger partial charge in [0.05, 0.1) is 0 Å². The number of hydrogen-bond acceptors (Lipinski definition) is 4. The Kier molecular flexibility index (Phi) is 5.90. The third-order valence-electron chi connectivity index (χ3n) is 2.96. The number of likely N-dealkylation sites (N-methyl/N-ethyl adjacent to an activating group) is 2. The Hall–Kier alpha value is -1.19. The second-order valence-electron chi connectivity index (χ2n) is 4.21. The Labute approximate surface area is 132 Å². The summed E-state index contributed by atoms with van der Waals surface area (Å²) in [7, 11) is 0. The molecule has 0 fully saturated rings. The van der Waals surface area contributed by atoms with Gasteiger partial charge in [-0.2, -0.15) is 0 Å². The highest BCUT2D eigenvalue weighted by atomic mass is 127. The van der Waals surface area contributed by atoms with Crippen LogP contribution in [-0.4, -0.2) is 34.9 Å². The van der Waals surface area contributed by atoms with Crippen LogP contribution in [0.25, 0.3) is 0 Å². The van der Waals surface area contributed by atoms with E-state index in [4.69, 9.17) is 11.7 Å². The molecule has 20 heavy (non-hydrogen) atoms. The minimum absolute atomic E-state index is 0.306. The molecule has 0 spiro atoms. The van der Waals surface area contributed by atoms with Crippen molar-refractivity contribution in [3.8, 4) is 0 Å². The Morgan fingerprint density at radius 1 is 1.05 bits per heavy atom. The van der Waals surface area contributed by atoms with Gasteiger partial charge in [0, 0.05) is 13.1 Å². The summed E-state index contributed by atoms with van der Waals surface area (Å²) in [5, 5.41) is 2.06. The second kappa shape index (κ2) is 7.00. The number of carbonyl (C=O) groups excluding carboxylic acids is 2. The highest BCUT2D eigenvalue weighted by molar-refractivity contribution is 14.1. The number of hydrogen-bond donors (Lipinski definition) is 2. The van der Waals surface area contributed by atoms with E-state index >= 15 is 0 Å². The Bertz CT molecular complexity index is 459. The molecular weight excluding hydrogens is 371 g/mol. The molecule has 1 rings (SSSR count). The topological polar surface area (TPSA) is 92.7 Å². The standard InChI is InChI=1S/C13H19IN4O2/c1-3-17(15)11(19)13(14,12(20)18(16)4-2)10-8-6-5-7-9-10/h5-9H,3-4,15-16H2,1-2H3. The minimum atomic E-state index is -1.45. The predicted octanol–water partition coefficient (Wildman–Crippen LogP) is 0.761. The minimum Gasteiger partial charge on any atom is -0.279 e. The molecule has 0 unspecified atom stereocenters. The zero-order chi connectivity index (χ0) is 15.3. The second-order valence-corrected chi connectivity index (χ2v) is 5.82. The first kappa shape index (κ1) is 16.9. The van der Waals surface area contributed by atoms with E-state index in [9.17, 15) is 9.59 Å². The Balaban J connectivity index is 3.34. The van der Waals surface area contributed by atoms with Gasteiger partial charge >= 0.3 is 0 Å². The van der Waals surface area contributed by atoms with Crippen molar-refractivity contribution in [2.24, 2.45) is 11.7 Å². The van der Waals surface area contributed by atoms with Crippen molar-refractivity contribution in [3.05, 3.63) is 35.9 Å². The van der Waals surface area contributed by atoms with Gasteiger partial charge in [-0.15, -0.1) is 0 Å². The number of halogens is 1. The lowest BCUT2D eigenvalue weighted by Crippen LogP contribution is -2.56. The van der Waals surface area contributed by atoms with Crippen LogP contribution in [0.3, 0.4) is 0 Å². The monoisotopic (exact) mass is 390 g/mol. The fourth-order valence-corrected chi connectivity index (χ4v) is 2.67. The summed E-state index contributed by atoms with van der Waals surface area (Å²) < 4.78 is -1.45. The van der Waals surface area contributed by atoms with Gasteiger partial charge in [-0.25, -0.2) is 11.7 Å². The molecule has 7 heteroatoms.